The molecule has 42 heavy (non-hydrogen) atoms. The molecular formula is C33H40F3N5O. The van der Waals surface area contributed by atoms with Crippen molar-refractivity contribution in [2.24, 2.45) is 10.7 Å². The van der Waals surface area contributed by atoms with Crippen molar-refractivity contribution in [1.29, 1.82) is 0 Å². The summed E-state index contributed by atoms with van der Waals surface area (Å²) in [7, 11) is 0. The monoisotopic (exact) mass is 579 g/mol. The molecule has 1 aliphatic heterocycles. The van der Waals surface area contributed by atoms with Crippen molar-refractivity contribution in [2.45, 2.75) is 60.4 Å². The molecule has 2 heterocycles. The van der Waals surface area contributed by atoms with E-state index in [1.807, 2.05) is 64.1 Å². The maximum atomic E-state index is 14.4. The zero-order valence-corrected chi connectivity index (χ0v) is 25.1. The largest absolute Gasteiger partial charge is 0.384 e. The van der Waals surface area contributed by atoms with Crippen molar-refractivity contribution >= 4 is 23.0 Å². The first-order chi connectivity index (χ1) is 20.0. The number of benzene rings is 1. The Morgan fingerprint density at radius 1 is 1.14 bits per heavy atom. The molecule has 3 rings (SSSR count). The van der Waals surface area contributed by atoms with Gasteiger partial charge in [0.25, 0.3) is 11.8 Å². The molecule has 4 N–H and O–H groups in total. The molecule has 1 aliphatic rings. The SMILES string of the molecule is C/C=C(\C=C1/CN=C1N)c1ccc(CN/C(C)=C(/C=C(\C=C\CC)C(C)(F)F)C(=O)Nc2ccc(F)nc2)cc1.CC. The van der Waals surface area contributed by atoms with Gasteiger partial charge < -0.3 is 16.4 Å². The minimum atomic E-state index is -3.18. The van der Waals surface area contributed by atoms with Crippen LogP contribution in [-0.2, 0) is 11.3 Å². The summed E-state index contributed by atoms with van der Waals surface area (Å²) in [4.78, 5) is 20.8. The van der Waals surface area contributed by atoms with Gasteiger partial charge in [-0.3, -0.25) is 9.79 Å². The van der Waals surface area contributed by atoms with Crippen LogP contribution in [0.4, 0.5) is 18.9 Å². The van der Waals surface area contributed by atoms with Crippen LogP contribution < -0.4 is 16.4 Å². The van der Waals surface area contributed by atoms with Crippen LogP contribution in [0.25, 0.3) is 5.57 Å². The molecule has 1 aromatic carbocycles. The Morgan fingerprint density at radius 2 is 1.83 bits per heavy atom. The average Bonchev–Trinajstić information content (AvgIpc) is 2.97. The minimum absolute atomic E-state index is 0.0146. The standard InChI is InChI=1S/C31H34F3N5O.C2H6/c1-5-7-8-25(31(4,33)34)16-27(30(40)39-26-13-14-28(32)37-19-26)20(3)36-17-21-9-11-23(12-10-21)22(6-2)15-24-18-38-29(24)35;1-2/h6-16,19,36H,5,17-18H2,1-4H3,(H2,35,38)(H,39,40);1-2H3/b8-7+,22-6+,24-15+,25-16+,27-20-;. The molecule has 0 saturated heterocycles. The van der Waals surface area contributed by atoms with E-state index in [1.54, 1.807) is 13.0 Å². The highest BCUT2D eigenvalue weighted by molar-refractivity contribution is 6.06. The molecule has 0 radical (unpaired) electrons. The van der Waals surface area contributed by atoms with Gasteiger partial charge in [-0.25, -0.2) is 13.8 Å². The molecule has 1 aromatic heterocycles. The van der Waals surface area contributed by atoms with Crippen LogP contribution in [0.3, 0.4) is 0 Å². The molecule has 0 fully saturated rings. The normalized spacial score (nSPS) is 15.4. The van der Waals surface area contributed by atoms with Crippen molar-refractivity contribution in [3.63, 3.8) is 0 Å². The lowest BCUT2D eigenvalue weighted by Gasteiger charge is -2.16. The Morgan fingerprint density at radius 3 is 2.33 bits per heavy atom. The van der Waals surface area contributed by atoms with Gasteiger partial charge in [-0.2, -0.15) is 4.39 Å². The summed E-state index contributed by atoms with van der Waals surface area (Å²) < 4.78 is 42.0. The lowest BCUT2D eigenvalue weighted by atomic mass is 9.99. The molecule has 224 valence electrons. The Balaban J connectivity index is 0.00000301. The highest BCUT2D eigenvalue weighted by atomic mass is 19.3. The van der Waals surface area contributed by atoms with Gasteiger partial charge in [0.15, 0.2) is 0 Å². The van der Waals surface area contributed by atoms with Crippen molar-refractivity contribution in [3.05, 3.63) is 112 Å². The van der Waals surface area contributed by atoms with Crippen molar-refractivity contribution < 1.29 is 18.0 Å². The maximum absolute atomic E-state index is 14.4. The fraction of sp³-hybridized carbons (Fsp3) is 0.303. The first kappa shape index (κ1) is 33.8. The summed E-state index contributed by atoms with van der Waals surface area (Å²) in [5, 5.41) is 5.78. The van der Waals surface area contributed by atoms with Gasteiger partial charge in [-0.1, -0.05) is 63.3 Å². The molecule has 0 bridgehead atoms. The zero-order chi connectivity index (χ0) is 31.3. The Bertz CT molecular complexity index is 1390. The second kappa shape index (κ2) is 16.1. The molecule has 2 aromatic rings. The Labute approximate surface area is 246 Å². The number of hydrogen-bond acceptors (Lipinski definition) is 5. The van der Waals surface area contributed by atoms with E-state index >= 15 is 0 Å². The van der Waals surface area contributed by atoms with Crippen molar-refractivity contribution in [3.8, 4) is 0 Å². The number of pyridine rings is 1. The van der Waals surface area contributed by atoms with E-state index in [1.165, 1.54) is 18.2 Å². The number of aromatic nitrogens is 1. The number of aliphatic imine (C=N–C) groups is 1. The van der Waals surface area contributed by atoms with Gasteiger partial charge in [0.05, 0.1) is 24.0 Å². The van der Waals surface area contributed by atoms with Gasteiger partial charge in [0.2, 0.25) is 5.95 Å². The summed E-state index contributed by atoms with van der Waals surface area (Å²) >= 11 is 0. The summed E-state index contributed by atoms with van der Waals surface area (Å²) in [5.41, 5.74) is 10.1. The Hall–Kier alpha value is -4.40. The van der Waals surface area contributed by atoms with E-state index in [-0.39, 0.29) is 16.8 Å². The van der Waals surface area contributed by atoms with Gasteiger partial charge in [-0.15, -0.1) is 0 Å². The molecule has 1 amide bonds. The predicted octanol–water partition coefficient (Wildman–Crippen LogP) is 7.50. The van der Waals surface area contributed by atoms with Gasteiger partial charge in [0, 0.05) is 30.3 Å². The summed E-state index contributed by atoms with van der Waals surface area (Å²) in [6, 6.07) is 10.3. The number of carbonyl (C=O) groups is 1. The van der Waals surface area contributed by atoms with Gasteiger partial charge in [-0.05, 0) is 61.3 Å². The summed E-state index contributed by atoms with van der Waals surface area (Å²) in [5.74, 6) is -3.96. The third-order valence-corrected chi connectivity index (χ3v) is 6.21. The molecule has 0 saturated carbocycles. The van der Waals surface area contributed by atoms with Crippen LogP contribution >= 0.6 is 0 Å². The fourth-order valence-electron chi connectivity index (χ4n) is 3.76. The third-order valence-electron chi connectivity index (χ3n) is 6.21. The van der Waals surface area contributed by atoms with Gasteiger partial charge in [0.1, 0.15) is 5.84 Å². The van der Waals surface area contributed by atoms with Crippen LogP contribution in [0.5, 0.6) is 0 Å². The maximum Gasteiger partial charge on any atom is 0.270 e. The topological polar surface area (TPSA) is 92.4 Å². The third kappa shape index (κ3) is 9.90. The van der Waals surface area contributed by atoms with E-state index in [0.29, 0.717) is 31.0 Å². The lowest BCUT2D eigenvalue weighted by molar-refractivity contribution is -0.112. The fourth-order valence-corrected chi connectivity index (χ4v) is 3.76. The smallest absolute Gasteiger partial charge is 0.270 e. The Kier molecular flexibility index (Phi) is 13.0. The number of hydrogen-bond donors (Lipinski definition) is 3. The molecule has 6 nitrogen and oxygen atoms in total. The number of alkyl halides is 2. The number of rotatable bonds is 11. The number of halogens is 3. The summed E-state index contributed by atoms with van der Waals surface area (Å²) in [6.45, 7) is 11.2. The van der Waals surface area contributed by atoms with Crippen LogP contribution in [0, 0.1) is 5.95 Å². The molecule has 9 heteroatoms. The predicted molar refractivity (Wildman–Crippen MR) is 167 cm³/mol. The number of anilines is 1. The van der Waals surface area contributed by atoms with E-state index in [2.05, 4.69) is 20.6 Å². The van der Waals surface area contributed by atoms with Crippen LogP contribution in [0.1, 0.15) is 59.1 Å². The van der Waals surface area contributed by atoms with E-state index in [0.717, 1.165) is 41.5 Å². The molecular weight excluding hydrogens is 539 g/mol. The van der Waals surface area contributed by atoms with Crippen molar-refractivity contribution in [2.75, 3.05) is 11.9 Å². The number of nitrogens with one attached hydrogen (secondary N) is 2. The van der Waals surface area contributed by atoms with Crippen LogP contribution in [0.2, 0.25) is 0 Å². The minimum Gasteiger partial charge on any atom is -0.384 e. The number of amidine groups is 1. The van der Waals surface area contributed by atoms with Crippen molar-refractivity contribution in [1.82, 2.24) is 10.3 Å². The zero-order valence-electron chi connectivity index (χ0n) is 25.1. The first-order valence-corrected chi connectivity index (χ1v) is 13.9. The molecule has 0 aliphatic carbocycles. The first-order valence-electron chi connectivity index (χ1n) is 13.9. The highest BCUT2D eigenvalue weighted by Crippen LogP contribution is 2.27. The van der Waals surface area contributed by atoms with E-state index < -0.39 is 17.8 Å². The quantitative estimate of drug-likeness (QED) is 0.146. The van der Waals surface area contributed by atoms with Crippen LogP contribution in [0.15, 0.2) is 100 Å². The average molecular weight is 580 g/mol. The lowest BCUT2D eigenvalue weighted by Crippen LogP contribution is -2.25. The van der Waals surface area contributed by atoms with Gasteiger partial charge >= 0.3 is 0 Å². The van der Waals surface area contributed by atoms with Crippen LogP contribution in [-0.4, -0.2) is 29.2 Å². The second-order valence-corrected chi connectivity index (χ2v) is 9.33. The second-order valence-electron chi connectivity index (χ2n) is 9.33. The van der Waals surface area contributed by atoms with E-state index in [4.69, 9.17) is 5.73 Å². The number of carbonyl (C=O) groups excluding carboxylic acids is 1. The number of amides is 1. The van der Waals surface area contributed by atoms with E-state index in [9.17, 15) is 18.0 Å². The number of nitrogens with zero attached hydrogens (tertiary/aromatic N) is 2. The molecule has 0 unspecified atom stereocenters. The summed E-state index contributed by atoms with van der Waals surface area (Å²) in [6.07, 6.45) is 9.83. The molecule has 0 spiro atoms. The number of nitrogens with two attached hydrogens (primary N) is 1. The number of allylic oxidation sites excluding steroid dienone is 7. The highest BCUT2D eigenvalue weighted by Gasteiger charge is 2.27. The molecule has 0 atom stereocenters.